The number of benzene rings is 1. The van der Waals surface area contributed by atoms with Crippen LogP contribution in [0.15, 0.2) is 29.1 Å². The van der Waals surface area contributed by atoms with Crippen LogP contribution in [0.2, 0.25) is 0 Å². The molecule has 0 spiro atoms. The van der Waals surface area contributed by atoms with Crippen molar-refractivity contribution in [2.45, 2.75) is 46.1 Å². The normalized spacial score (nSPS) is 13.0. The molecule has 122 valence electrons. The molecule has 0 fully saturated rings. The molecule has 3 rings (SSSR count). The van der Waals surface area contributed by atoms with Crippen LogP contribution in [0.5, 0.6) is 0 Å². The van der Waals surface area contributed by atoms with Gasteiger partial charge in [-0.3, -0.25) is 9.36 Å². The molecule has 0 radical (unpaired) electrons. The van der Waals surface area contributed by atoms with Crippen molar-refractivity contribution >= 4 is 43.9 Å². The maximum atomic E-state index is 12.9. The lowest BCUT2D eigenvalue weighted by Gasteiger charge is -2.16. The van der Waals surface area contributed by atoms with Crippen molar-refractivity contribution in [2.24, 2.45) is 5.92 Å². The fourth-order valence-electron chi connectivity index (χ4n) is 3.05. The molecule has 0 saturated carbocycles. The van der Waals surface area contributed by atoms with Crippen LogP contribution in [0.4, 0.5) is 0 Å². The first kappa shape index (κ1) is 16.4. The van der Waals surface area contributed by atoms with Gasteiger partial charge in [0.05, 0.1) is 5.52 Å². The second kappa shape index (κ2) is 6.97. The minimum Gasteiger partial charge on any atom is -0.330 e. The van der Waals surface area contributed by atoms with Crippen LogP contribution in [0.25, 0.3) is 20.3 Å². The summed E-state index contributed by atoms with van der Waals surface area (Å²) in [6, 6.07) is 8.09. The SMILES string of the molecule is CCCCC(CC)Cn1c(=S)[nH]c2c(sc3ccccc32)c1=O. The Morgan fingerprint density at radius 3 is 2.83 bits per heavy atom. The topological polar surface area (TPSA) is 37.8 Å². The number of aromatic nitrogens is 2. The second-order valence-electron chi connectivity index (χ2n) is 6.06. The third kappa shape index (κ3) is 3.12. The van der Waals surface area contributed by atoms with Gasteiger partial charge in [0.1, 0.15) is 4.70 Å². The van der Waals surface area contributed by atoms with Crippen molar-refractivity contribution in [3.63, 3.8) is 0 Å². The van der Waals surface area contributed by atoms with Crippen LogP contribution in [0.1, 0.15) is 39.5 Å². The van der Waals surface area contributed by atoms with E-state index in [2.05, 4.69) is 24.9 Å². The van der Waals surface area contributed by atoms with Gasteiger partial charge in [-0.25, -0.2) is 0 Å². The number of thiophene rings is 1. The Balaban J connectivity index is 2.09. The summed E-state index contributed by atoms with van der Waals surface area (Å²) < 4.78 is 4.21. The minimum atomic E-state index is 0.0555. The van der Waals surface area contributed by atoms with Crippen LogP contribution in [-0.2, 0) is 6.54 Å². The number of nitrogens with one attached hydrogen (secondary N) is 1. The first-order valence-corrected chi connectivity index (χ1v) is 9.52. The summed E-state index contributed by atoms with van der Waals surface area (Å²) in [7, 11) is 0. The number of nitrogens with zero attached hydrogens (tertiary/aromatic N) is 1. The van der Waals surface area contributed by atoms with E-state index in [1.54, 1.807) is 15.9 Å². The van der Waals surface area contributed by atoms with Crippen LogP contribution < -0.4 is 5.56 Å². The van der Waals surface area contributed by atoms with Gasteiger partial charge >= 0.3 is 0 Å². The molecule has 0 aliphatic rings. The monoisotopic (exact) mass is 346 g/mol. The van der Waals surface area contributed by atoms with E-state index in [0.717, 1.165) is 39.7 Å². The number of rotatable bonds is 6. The number of hydrogen-bond donors (Lipinski definition) is 1. The zero-order valence-electron chi connectivity index (χ0n) is 13.6. The average Bonchev–Trinajstić information content (AvgIpc) is 2.93. The molecule has 3 aromatic rings. The van der Waals surface area contributed by atoms with Gasteiger partial charge in [0, 0.05) is 16.6 Å². The fraction of sp³-hybridized carbons (Fsp3) is 0.444. The van der Waals surface area contributed by atoms with E-state index in [0.29, 0.717) is 10.7 Å². The highest BCUT2D eigenvalue weighted by Crippen LogP contribution is 2.30. The first-order valence-electron chi connectivity index (χ1n) is 8.30. The smallest absolute Gasteiger partial charge is 0.272 e. The number of fused-ring (bicyclic) bond motifs is 3. The molecule has 5 heteroatoms. The zero-order valence-corrected chi connectivity index (χ0v) is 15.2. The lowest BCUT2D eigenvalue weighted by Crippen LogP contribution is -2.25. The molecule has 0 aliphatic heterocycles. The summed E-state index contributed by atoms with van der Waals surface area (Å²) in [6.07, 6.45) is 4.62. The van der Waals surface area contributed by atoms with E-state index in [9.17, 15) is 4.79 Å². The molecule has 0 bridgehead atoms. The van der Waals surface area contributed by atoms with Crippen LogP contribution in [-0.4, -0.2) is 9.55 Å². The standard InChI is InChI=1S/C18H22N2OS2/c1-3-5-8-12(4-2)11-20-17(21)16-15(19-18(20)22)13-9-6-7-10-14(13)23-16/h6-7,9-10,12H,3-5,8,11H2,1-2H3,(H,19,22). The fourth-order valence-corrected chi connectivity index (χ4v) is 4.42. The van der Waals surface area contributed by atoms with Crippen molar-refractivity contribution in [1.82, 2.24) is 9.55 Å². The molecule has 1 unspecified atom stereocenters. The van der Waals surface area contributed by atoms with Gasteiger partial charge in [0.2, 0.25) is 0 Å². The molecule has 2 heterocycles. The number of hydrogen-bond acceptors (Lipinski definition) is 3. The zero-order chi connectivity index (χ0) is 16.4. The van der Waals surface area contributed by atoms with Gasteiger partial charge in [-0.05, 0) is 30.6 Å². The molecule has 3 nitrogen and oxygen atoms in total. The summed E-state index contributed by atoms with van der Waals surface area (Å²) in [4.78, 5) is 16.2. The highest BCUT2D eigenvalue weighted by molar-refractivity contribution is 7.71. The van der Waals surface area contributed by atoms with Crippen LogP contribution >= 0.6 is 23.6 Å². The first-order chi connectivity index (χ1) is 11.2. The van der Waals surface area contributed by atoms with E-state index in [1.807, 2.05) is 18.2 Å². The highest BCUT2D eigenvalue weighted by Gasteiger charge is 2.14. The second-order valence-corrected chi connectivity index (χ2v) is 7.50. The van der Waals surface area contributed by atoms with E-state index < -0.39 is 0 Å². The Kier molecular flexibility index (Phi) is 4.97. The van der Waals surface area contributed by atoms with Gasteiger partial charge in [-0.2, -0.15) is 0 Å². The Morgan fingerprint density at radius 2 is 2.09 bits per heavy atom. The third-order valence-electron chi connectivity index (χ3n) is 4.50. The minimum absolute atomic E-state index is 0.0555. The van der Waals surface area contributed by atoms with Gasteiger partial charge in [0.25, 0.3) is 5.56 Å². The molecule has 0 amide bonds. The van der Waals surface area contributed by atoms with E-state index >= 15 is 0 Å². The van der Waals surface area contributed by atoms with Crippen molar-refractivity contribution in [3.05, 3.63) is 39.4 Å². The number of H-pyrrole nitrogens is 1. The van der Waals surface area contributed by atoms with Crippen LogP contribution in [0.3, 0.4) is 0 Å². The molecular weight excluding hydrogens is 324 g/mol. The van der Waals surface area contributed by atoms with E-state index in [4.69, 9.17) is 12.2 Å². The van der Waals surface area contributed by atoms with Crippen LogP contribution in [0, 0.1) is 10.7 Å². The van der Waals surface area contributed by atoms with Crippen molar-refractivity contribution < 1.29 is 0 Å². The Hall–Kier alpha value is -1.46. The molecule has 0 saturated heterocycles. The maximum Gasteiger partial charge on any atom is 0.272 e. The molecular formula is C18H22N2OS2. The van der Waals surface area contributed by atoms with Gasteiger partial charge in [-0.15, -0.1) is 11.3 Å². The van der Waals surface area contributed by atoms with Gasteiger partial charge < -0.3 is 4.98 Å². The van der Waals surface area contributed by atoms with E-state index in [1.165, 1.54) is 12.8 Å². The van der Waals surface area contributed by atoms with Crippen molar-refractivity contribution in [2.75, 3.05) is 0 Å². The Morgan fingerprint density at radius 1 is 1.30 bits per heavy atom. The predicted octanol–water partition coefficient (Wildman–Crippen LogP) is 5.49. The predicted molar refractivity (Wildman–Crippen MR) is 102 cm³/mol. The Bertz CT molecular complexity index is 935. The Labute approximate surface area is 145 Å². The number of unbranched alkanes of at least 4 members (excludes halogenated alkanes) is 1. The average molecular weight is 347 g/mol. The summed E-state index contributed by atoms with van der Waals surface area (Å²) in [6.45, 7) is 5.11. The van der Waals surface area contributed by atoms with E-state index in [-0.39, 0.29) is 5.56 Å². The highest BCUT2D eigenvalue weighted by atomic mass is 32.1. The summed E-state index contributed by atoms with van der Waals surface area (Å²) in [5, 5.41) is 1.08. The third-order valence-corrected chi connectivity index (χ3v) is 5.98. The summed E-state index contributed by atoms with van der Waals surface area (Å²) >= 11 is 7.04. The quantitative estimate of drug-likeness (QED) is 0.599. The van der Waals surface area contributed by atoms with Crippen molar-refractivity contribution in [3.8, 4) is 0 Å². The van der Waals surface area contributed by atoms with Gasteiger partial charge in [0.15, 0.2) is 4.77 Å². The van der Waals surface area contributed by atoms with Gasteiger partial charge in [-0.1, -0.05) is 51.3 Å². The molecule has 0 aliphatic carbocycles. The lowest BCUT2D eigenvalue weighted by molar-refractivity contribution is 0.382. The molecule has 1 aromatic carbocycles. The number of aromatic amines is 1. The molecule has 1 atom stereocenters. The lowest BCUT2D eigenvalue weighted by atomic mass is 9.99. The largest absolute Gasteiger partial charge is 0.330 e. The molecule has 1 N–H and O–H groups in total. The molecule has 23 heavy (non-hydrogen) atoms. The molecule has 2 aromatic heterocycles. The summed E-state index contributed by atoms with van der Waals surface area (Å²) in [5.74, 6) is 0.509. The maximum absolute atomic E-state index is 12.9. The van der Waals surface area contributed by atoms with Crippen molar-refractivity contribution in [1.29, 1.82) is 0 Å². The summed E-state index contributed by atoms with van der Waals surface area (Å²) in [5.41, 5.74) is 0.943.